The molecule has 4 N–H and O–H groups in total. The number of fused-ring (bicyclic) bond motifs is 1. The number of nitrogens with one attached hydrogen (secondary N) is 1. The summed E-state index contributed by atoms with van der Waals surface area (Å²) in [5.74, 6) is 1.30. The molecular weight excluding hydrogens is 220 g/mol. The van der Waals surface area contributed by atoms with Gasteiger partial charge in [-0.2, -0.15) is 14.6 Å². The molecule has 7 heteroatoms. The van der Waals surface area contributed by atoms with Crippen molar-refractivity contribution in [2.75, 3.05) is 11.9 Å². The predicted molar refractivity (Wildman–Crippen MR) is 63.7 cm³/mol. The van der Waals surface area contributed by atoms with Crippen LogP contribution in [0.15, 0.2) is 12.4 Å². The van der Waals surface area contributed by atoms with Crippen LogP contribution < -0.4 is 11.1 Å². The lowest BCUT2D eigenvalue weighted by Gasteiger charge is -2.16. The first-order valence-electron chi connectivity index (χ1n) is 5.43. The standard InChI is InChI=1S/C10H16N6O/c1-6-3-9(12-4-8(11)7(2)17)16-10(15-6)13-5-14-16/h3,5,7-8,12,17H,4,11H2,1-2H3. The van der Waals surface area contributed by atoms with Crippen molar-refractivity contribution in [1.82, 2.24) is 19.6 Å². The van der Waals surface area contributed by atoms with E-state index in [1.807, 2.05) is 13.0 Å². The van der Waals surface area contributed by atoms with Crippen molar-refractivity contribution in [3.8, 4) is 0 Å². The molecule has 0 aliphatic carbocycles. The van der Waals surface area contributed by atoms with Crippen molar-refractivity contribution in [2.45, 2.75) is 26.0 Å². The molecule has 2 unspecified atom stereocenters. The number of nitrogens with zero attached hydrogens (tertiary/aromatic N) is 4. The van der Waals surface area contributed by atoms with Crippen LogP contribution in [0.2, 0.25) is 0 Å². The zero-order chi connectivity index (χ0) is 12.4. The second kappa shape index (κ2) is 4.64. The summed E-state index contributed by atoms with van der Waals surface area (Å²) >= 11 is 0. The third-order valence-corrected chi connectivity index (χ3v) is 2.52. The lowest BCUT2D eigenvalue weighted by molar-refractivity contribution is 0.168. The highest BCUT2D eigenvalue weighted by molar-refractivity contribution is 5.44. The Bertz CT molecular complexity index is 508. The summed E-state index contributed by atoms with van der Waals surface area (Å²) in [6.45, 7) is 4.00. The zero-order valence-electron chi connectivity index (χ0n) is 9.83. The van der Waals surface area contributed by atoms with E-state index in [9.17, 15) is 5.11 Å². The van der Waals surface area contributed by atoms with E-state index in [2.05, 4.69) is 20.4 Å². The summed E-state index contributed by atoms with van der Waals surface area (Å²) in [5, 5.41) is 16.5. The van der Waals surface area contributed by atoms with Gasteiger partial charge in [-0.3, -0.25) is 0 Å². The van der Waals surface area contributed by atoms with E-state index in [0.717, 1.165) is 11.5 Å². The Labute approximate surface area is 98.7 Å². The molecule has 0 radical (unpaired) electrons. The van der Waals surface area contributed by atoms with Crippen LogP contribution in [-0.4, -0.2) is 43.4 Å². The van der Waals surface area contributed by atoms with E-state index < -0.39 is 6.10 Å². The first-order valence-corrected chi connectivity index (χ1v) is 5.43. The van der Waals surface area contributed by atoms with Gasteiger partial charge in [-0.1, -0.05) is 0 Å². The molecule has 17 heavy (non-hydrogen) atoms. The van der Waals surface area contributed by atoms with Gasteiger partial charge in [-0.15, -0.1) is 0 Å². The summed E-state index contributed by atoms with van der Waals surface area (Å²) in [5.41, 5.74) is 6.59. The minimum Gasteiger partial charge on any atom is -0.392 e. The van der Waals surface area contributed by atoms with E-state index in [1.165, 1.54) is 6.33 Å². The third-order valence-electron chi connectivity index (χ3n) is 2.52. The third kappa shape index (κ3) is 2.51. The lowest BCUT2D eigenvalue weighted by Crippen LogP contribution is -2.39. The van der Waals surface area contributed by atoms with Crippen molar-refractivity contribution >= 4 is 11.6 Å². The molecule has 2 rings (SSSR count). The van der Waals surface area contributed by atoms with E-state index in [0.29, 0.717) is 12.3 Å². The molecule has 2 atom stereocenters. The van der Waals surface area contributed by atoms with Crippen molar-refractivity contribution in [3.63, 3.8) is 0 Å². The van der Waals surface area contributed by atoms with Gasteiger partial charge in [-0.05, 0) is 13.8 Å². The second-order valence-electron chi connectivity index (χ2n) is 4.04. The number of aryl methyl sites for hydroxylation is 1. The maximum absolute atomic E-state index is 9.31. The molecule has 0 aliphatic heterocycles. The van der Waals surface area contributed by atoms with Gasteiger partial charge in [0.05, 0.1) is 6.10 Å². The van der Waals surface area contributed by atoms with Crippen LogP contribution in [0.25, 0.3) is 5.78 Å². The molecule has 0 spiro atoms. The van der Waals surface area contributed by atoms with Gasteiger partial charge in [-0.25, -0.2) is 4.98 Å². The Morgan fingerprint density at radius 1 is 1.59 bits per heavy atom. The highest BCUT2D eigenvalue weighted by Crippen LogP contribution is 2.09. The van der Waals surface area contributed by atoms with Crippen LogP contribution >= 0.6 is 0 Å². The second-order valence-corrected chi connectivity index (χ2v) is 4.04. The monoisotopic (exact) mass is 236 g/mol. The quantitative estimate of drug-likeness (QED) is 0.665. The van der Waals surface area contributed by atoms with Crippen molar-refractivity contribution in [1.29, 1.82) is 0 Å². The van der Waals surface area contributed by atoms with E-state index in [1.54, 1.807) is 11.4 Å². The number of hydrogen-bond donors (Lipinski definition) is 3. The van der Waals surface area contributed by atoms with Gasteiger partial charge in [0.25, 0.3) is 5.78 Å². The van der Waals surface area contributed by atoms with Crippen molar-refractivity contribution in [2.24, 2.45) is 5.73 Å². The predicted octanol–water partition coefficient (Wildman–Crippen LogP) is -0.447. The molecule has 7 nitrogen and oxygen atoms in total. The number of aromatic nitrogens is 4. The zero-order valence-corrected chi connectivity index (χ0v) is 9.83. The summed E-state index contributed by atoms with van der Waals surface area (Å²) in [6, 6.07) is 1.53. The molecule has 0 saturated carbocycles. The van der Waals surface area contributed by atoms with Crippen LogP contribution in [0.3, 0.4) is 0 Å². The number of rotatable bonds is 4. The molecule has 92 valence electrons. The Morgan fingerprint density at radius 2 is 2.35 bits per heavy atom. The van der Waals surface area contributed by atoms with Crippen LogP contribution in [0.4, 0.5) is 5.82 Å². The SMILES string of the molecule is Cc1cc(NCC(N)C(C)O)n2ncnc2n1. The molecule has 0 amide bonds. The van der Waals surface area contributed by atoms with E-state index >= 15 is 0 Å². The summed E-state index contributed by atoms with van der Waals surface area (Å²) in [7, 11) is 0. The highest BCUT2D eigenvalue weighted by atomic mass is 16.3. The Hall–Kier alpha value is -1.73. The van der Waals surface area contributed by atoms with Gasteiger partial charge >= 0.3 is 0 Å². The average molecular weight is 236 g/mol. The van der Waals surface area contributed by atoms with Crippen molar-refractivity contribution in [3.05, 3.63) is 18.1 Å². The van der Waals surface area contributed by atoms with Crippen LogP contribution in [-0.2, 0) is 0 Å². The molecule has 0 saturated heterocycles. The molecule has 2 heterocycles. The number of hydrogen-bond acceptors (Lipinski definition) is 6. The van der Waals surface area contributed by atoms with E-state index in [-0.39, 0.29) is 6.04 Å². The minimum atomic E-state index is -0.559. The minimum absolute atomic E-state index is 0.331. The number of anilines is 1. The van der Waals surface area contributed by atoms with Gasteiger partial charge in [0.1, 0.15) is 12.1 Å². The normalized spacial score (nSPS) is 14.8. The fourth-order valence-corrected chi connectivity index (χ4v) is 1.45. The number of aliphatic hydroxyl groups excluding tert-OH is 1. The summed E-state index contributed by atoms with van der Waals surface area (Å²) < 4.78 is 1.60. The average Bonchev–Trinajstić information content (AvgIpc) is 2.72. The van der Waals surface area contributed by atoms with Gasteiger partial charge in [0.2, 0.25) is 0 Å². The molecular formula is C10H16N6O. The van der Waals surface area contributed by atoms with Gasteiger partial charge < -0.3 is 16.2 Å². The van der Waals surface area contributed by atoms with Crippen LogP contribution in [0.5, 0.6) is 0 Å². The Morgan fingerprint density at radius 3 is 3.06 bits per heavy atom. The summed E-state index contributed by atoms with van der Waals surface area (Å²) in [6.07, 6.45) is 0.887. The van der Waals surface area contributed by atoms with Crippen LogP contribution in [0.1, 0.15) is 12.6 Å². The van der Waals surface area contributed by atoms with Gasteiger partial charge in [0.15, 0.2) is 0 Å². The molecule has 2 aromatic rings. The maximum atomic E-state index is 9.31. The lowest BCUT2D eigenvalue weighted by atomic mass is 10.2. The summed E-state index contributed by atoms with van der Waals surface area (Å²) in [4.78, 5) is 8.25. The van der Waals surface area contributed by atoms with Crippen molar-refractivity contribution < 1.29 is 5.11 Å². The first kappa shape index (κ1) is 11.7. The topological polar surface area (TPSA) is 101 Å². The molecule has 0 bridgehead atoms. The molecule has 0 aromatic carbocycles. The molecule has 2 aromatic heterocycles. The Kier molecular flexibility index (Phi) is 3.21. The fraction of sp³-hybridized carbons (Fsp3) is 0.500. The smallest absolute Gasteiger partial charge is 0.254 e. The number of aliphatic hydroxyl groups is 1. The highest BCUT2D eigenvalue weighted by Gasteiger charge is 2.10. The van der Waals surface area contributed by atoms with Crippen LogP contribution in [0, 0.1) is 6.92 Å². The number of nitrogens with two attached hydrogens (primary N) is 1. The first-order chi connectivity index (χ1) is 8.08. The fourth-order valence-electron chi connectivity index (χ4n) is 1.45. The van der Waals surface area contributed by atoms with Gasteiger partial charge in [0, 0.05) is 24.3 Å². The largest absolute Gasteiger partial charge is 0.392 e. The molecule has 0 fully saturated rings. The Balaban J connectivity index is 2.20. The van der Waals surface area contributed by atoms with E-state index in [4.69, 9.17) is 5.73 Å². The molecule has 0 aliphatic rings. The maximum Gasteiger partial charge on any atom is 0.254 e.